The lowest BCUT2D eigenvalue weighted by Crippen LogP contribution is -2.46. The number of esters is 1. The van der Waals surface area contributed by atoms with Crippen LogP contribution in [-0.4, -0.2) is 42.6 Å². The summed E-state index contributed by atoms with van der Waals surface area (Å²) in [6.45, 7) is 1.77. The van der Waals surface area contributed by atoms with E-state index in [2.05, 4.69) is 0 Å². The maximum Gasteiger partial charge on any atom is 0.324 e. The molecule has 0 aromatic heterocycles. The maximum absolute atomic E-state index is 12.8. The van der Waals surface area contributed by atoms with E-state index >= 15 is 0 Å². The number of nitrogens with two attached hydrogens (primary N) is 3. The number of carbonyl (C=O) groups excluding carboxylic acids is 3. The Kier molecular flexibility index (Phi) is 7.97. The Morgan fingerprint density at radius 1 is 1.03 bits per heavy atom. The van der Waals surface area contributed by atoms with Gasteiger partial charge in [0.05, 0.1) is 18.6 Å². The lowest BCUT2D eigenvalue weighted by Gasteiger charge is -2.24. The molecule has 0 spiro atoms. The van der Waals surface area contributed by atoms with Gasteiger partial charge in [-0.1, -0.05) is 48.5 Å². The minimum absolute atomic E-state index is 0.0159. The number of ether oxygens (including phenoxy) is 1. The molecule has 3 unspecified atom stereocenters. The maximum atomic E-state index is 12.8. The van der Waals surface area contributed by atoms with Gasteiger partial charge in [-0.25, -0.2) is 0 Å². The number of carbonyl (C=O) groups is 3. The molecule has 0 fully saturated rings. The molecule has 0 saturated heterocycles. The van der Waals surface area contributed by atoms with Crippen molar-refractivity contribution in [2.24, 2.45) is 17.2 Å². The average molecular weight is 410 g/mol. The number of aldehydes is 1. The highest BCUT2D eigenvalue weighted by Gasteiger charge is 2.35. The van der Waals surface area contributed by atoms with E-state index in [1.54, 1.807) is 43.3 Å². The van der Waals surface area contributed by atoms with Gasteiger partial charge in [-0.2, -0.15) is 0 Å². The first kappa shape index (κ1) is 22.9. The number of ketones is 1. The minimum Gasteiger partial charge on any atom is -0.465 e. The van der Waals surface area contributed by atoms with Crippen LogP contribution >= 0.6 is 0 Å². The molecular weight excluding hydrogens is 384 g/mol. The number of amidine groups is 1. The van der Waals surface area contributed by atoms with Crippen molar-refractivity contribution in [1.82, 2.24) is 0 Å². The lowest BCUT2D eigenvalue weighted by molar-refractivity contribution is -0.146. The summed E-state index contributed by atoms with van der Waals surface area (Å²) < 4.78 is 4.97. The molecule has 0 aliphatic carbocycles. The van der Waals surface area contributed by atoms with Crippen LogP contribution in [0.4, 0.5) is 0 Å². The second kappa shape index (κ2) is 10.4. The van der Waals surface area contributed by atoms with Crippen molar-refractivity contribution in [3.8, 4) is 11.1 Å². The summed E-state index contributed by atoms with van der Waals surface area (Å²) in [5, 5.41) is 7.46. The van der Waals surface area contributed by atoms with Crippen molar-refractivity contribution < 1.29 is 19.1 Å². The van der Waals surface area contributed by atoms with Gasteiger partial charge in [0.1, 0.15) is 18.2 Å². The molecule has 30 heavy (non-hydrogen) atoms. The zero-order chi connectivity index (χ0) is 22.3. The smallest absolute Gasteiger partial charge is 0.324 e. The summed E-state index contributed by atoms with van der Waals surface area (Å²) in [4.78, 5) is 35.8. The van der Waals surface area contributed by atoms with E-state index in [4.69, 9.17) is 27.3 Å². The third-order valence-electron chi connectivity index (χ3n) is 4.74. The van der Waals surface area contributed by atoms with Crippen LogP contribution in [0.5, 0.6) is 0 Å². The normalized spacial score (nSPS) is 13.7. The fourth-order valence-electron chi connectivity index (χ4n) is 3.10. The van der Waals surface area contributed by atoms with Gasteiger partial charge in [-0.15, -0.1) is 0 Å². The second-order valence-electron chi connectivity index (χ2n) is 6.78. The van der Waals surface area contributed by atoms with Crippen LogP contribution in [0.25, 0.3) is 11.1 Å². The number of hydrogen-bond donors (Lipinski definition) is 4. The molecule has 0 bridgehead atoms. The number of Topliss-reactive ketones (excluding diaryl/α,β-unsaturated/α-hetero) is 1. The van der Waals surface area contributed by atoms with Gasteiger partial charge in [-0.3, -0.25) is 15.0 Å². The SMILES string of the molecule is CCOC(=O)C(N)C(C(=O)C(N)CC=O)c1ccc(-c2ccc(C(=N)N)cc2)cc1. The van der Waals surface area contributed by atoms with Gasteiger partial charge in [0.25, 0.3) is 0 Å². The molecule has 0 saturated carbocycles. The van der Waals surface area contributed by atoms with Gasteiger partial charge < -0.3 is 26.7 Å². The molecule has 158 valence electrons. The van der Waals surface area contributed by atoms with Gasteiger partial charge in [-0.05, 0) is 23.6 Å². The fraction of sp³-hybridized carbons (Fsp3) is 0.273. The topological polar surface area (TPSA) is 162 Å². The molecule has 2 aromatic carbocycles. The molecule has 0 heterocycles. The van der Waals surface area contributed by atoms with Crippen molar-refractivity contribution in [2.75, 3.05) is 6.61 Å². The first-order valence-electron chi connectivity index (χ1n) is 9.50. The highest BCUT2D eigenvalue weighted by Crippen LogP contribution is 2.27. The van der Waals surface area contributed by atoms with Crippen LogP contribution < -0.4 is 17.2 Å². The number of nitrogens with one attached hydrogen (secondary N) is 1. The summed E-state index contributed by atoms with van der Waals surface area (Å²) >= 11 is 0. The van der Waals surface area contributed by atoms with E-state index < -0.39 is 29.8 Å². The first-order chi connectivity index (χ1) is 14.3. The van der Waals surface area contributed by atoms with E-state index in [0.29, 0.717) is 17.4 Å². The zero-order valence-electron chi connectivity index (χ0n) is 16.7. The van der Waals surface area contributed by atoms with Crippen molar-refractivity contribution >= 4 is 23.9 Å². The first-order valence-corrected chi connectivity index (χ1v) is 9.50. The lowest BCUT2D eigenvalue weighted by atomic mass is 9.84. The van der Waals surface area contributed by atoms with E-state index in [-0.39, 0.29) is 18.9 Å². The number of hydrogen-bond acceptors (Lipinski definition) is 7. The Hall–Kier alpha value is -3.36. The zero-order valence-corrected chi connectivity index (χ0v) is 16.7. The third kappa shape index (κ3) is 5.37. The quantitative estimate of drug-likeness (QED) is 0.197. The minimum atomic E-state index is -1.24. The Bertz CT molecular complexity index is 910. The highest BCUT2D eigenvalue weighted by molar-refractivity contribution is 5.97. The molecule has 2 aromatic rings. The summed E-state index contributed by atoms with van der Waals surface area (Å²) in [6, 6.07) is 11.8. The van der Waals surface area contributed by atoms with E-state index in [1.165, 1.54) is 0 Å². The second-order valence-corrected chi connectivity index (χ2v) is 6.78. The van der Waals surface area contributed by atoms with Crippen LogP contribution in [0.15, 0.2) is 48.5 Å². The Labute approximate surface area is 174 Å². The van der Waals surface area contributed by atoms with Crippen LogP contribution in [0.3, 0.4) is 0 Å². The molecule has 0 aliphatic rings. The van der Waals surface area contributed by atoms with Crippen molar-refractivity contribution in [3.05, 3.63) is 59.7 Å². The average Bonchev–Trinajstić information content (AvgIpc) is 2.74. The van der Waals surface area contributed by atoms with Gasteiger partial charge in [0, 0.05) is 12.0 Å². The molecule has 0 radical (unpaired) electrons. The number of rotatable bonds is 10. The Morgan fingerprint density at radius 2 is 1.57 bits per heavy atom. The summed E-state index contributed by atoms with van der Waals surface area (Å²) in [7, 11) is 0. The molecule has 3 atom stereocenters. The molecule has 7 N–H and O–H groups in total. The standard InChI is InChI=1S/C22H26N4O4/c1-2-30-22(29)19(24)18(20(28)17(23)11-12-27)15-7-3-13(4-8-15)14-5-9-16(10-6-14)21(25)26/h3-10,12,17-19H,2,11,23-24H2,1H3,(H3,25,26). The molecule has 8 heteroatoms. The molecule has 0 aliphatic heterocycles. The van der Waals surface area contributed by atoms with Gasteiger partial charge in [0.15, 0.2) is 5.78 Å². The molecular formula is C22H26N4O4. The Balaban J connectivity index is 2.35. The van der Waals surface area contributed by atoms with Crippen molar-refractivity contribution in [2.45, 2.75) is 31.3 Å². The predicted molar refractivity (Wildman–Crippen MR) is 114 cm³/mol. The summed E-state index contributed by atoms with van der Waals surface area (Å²) in [6.07, 6.45) is 0.398. The van der Waals surface area contributed by atoms with Gasteiger partial charge in [0.2, 0.25) is 0 Å². The molecule has 0 amide bonds. The van der Waals surface area contributed by atoms with E-state index in [9.17, 15) is 14.4 Å². The molecule has 2 rings (SSSR count). The number of nitrogen functional groups attached to an aromatic ring is 1. The van der Waals surface area contributed by atoms with E-state index in [0.717, 1.165) is 11.1 Å². The Morgan fingerprint density at radius 3 is 2.03 bits per heavy atom. The van der Waals surface area contributed by atoms with Crippen molar-refractivity contribution in [3.63, 3.8) is 0 Å². The van der Waals surface area contributed by atoms with Gasteiger partial charge >= 0.3 is 5.97 Å². The monoisotopic (exact) mass is 410 g/mol. The summed E-state index contributed by atoms with van der Waals surface area (Å²) in [5.41, 5.74) is 20.2. The van der Waals surface area contributed by atoms with E-state index in [1.807, 2.05) is 12.1 Å². The summed E-state index contributed by atoms with van der Waals surface area (Å²) in [5.74, 6) is -2.26. The largest absolute Gasteiger partial charge is 0.465 e. The fourth-order valence-corrected chi connectivity index (χ4v) is 3.10. The third-order valence-corrected chi connectivity index (χ3v) is 4.74. The number of benzene rings is 2. The predicted octanol–water partition coefficient (Wildman–Crippen LogP) is 1.10. The van der Waals surface area contributed by atoms with Crippen LogP contribution in [-0.2, 0) is 19.1 Å². The van der Waals surface area contributed by atoms with Crippen LogP contribution in [0.2, 0.25) is 0 Å². The van der Waals surface area contributed by atoms with Crippen LogP contribution in [0.1, 0.15) is 30.4 Å². The van der Waals surface area contributed by atoms with Crippen LogP contribution in [0, 0.1) is 5.41 Å². The molecule has 8 nitrogen and oxygen atoms in total. The van der Waals surface area contributed by atoms with Crippen molar-refractivity contribution in [1.29, 1.82) is 5.41 Å². The highest BCUT2D eigenvalue weighted by atomic mass is 16.5.